The Bertz CT molecular complexity index is 882. The van der Waals surface area contributed by atoms with Gasteiger partial charge in [0.15, 0.2) is 0 Å². The van der Waals surface area contributed by atoms with Crippen LogP contribution in [-0.4, -0.2) is 39.9 Å². The predicted octanol–water partition coefficient (Wildman–Crippen LogP) is 3.71. The Hall–Kier alpha value is -2.32. The molecule has 1 radical (unpaired) electrons. The summed E-state index contributed by atoms with van der Waals surface area (Å²) in [7, 11) is 3.38. The Labute approximate surface area is 167 Å². The van der Waals surface area contributed by atoms with Crippen LogP contribution in [0.1, 0.15) is 18.3 Å². The second-order valence-corrected chi connectivity index (χ2v) is 8.66. The van der Waals surface area contributed by atoms with Crippen molar-refractivity contribution in [3.05, 3.63) is 66.0 Å². The molecule has 4 nitrogen and oxygen atoms in total. The fourth-order valence-corrected chi connectivity index (χ4v) is 4.84. The Balaban J connectivity index is 1.72. The first-order valence-electron chi connectivity index (χ1n) is 9.04. The van der Waals surface area contributed by atoms with Gasteiger partial charge in [0.1, 0.15) is 0 Å². The van der Waals surface area contributed by atoms with Gasteiger partial charge in [-0.25, -0.2) is 0 Å². The molecule has 139 valence electrons. The van der Waals surface area contributed by atoms with Gasteiger partial charge in [0.2, 0.25) is 0 Å². The van der Waals surface area contributed by atoms with Crippen LogP contribution in [0, 0.1) is 0 Å². The maximum atomic E-state index is 5.35. The first-order chi connectivity index (χ1) is 13.2. The second-order valence-electron chi connectivity index (χ2n) is 6.09. The zero-order valence-electron chi connectivity index (χ0n) is 16.0. The SMILES string of the molecule is CCc1nc([As]CCc2ccc(OC)cc2)cc(-c2cccc(OC)c2)n1. The molecule has 3 rings (SSSR count). The number of hydrogen-bond donors (Lipinski definition) is 0. The fraction of sp³-hybridized carbons (Fsp3) is 0.273. The summed E-state index contributed by atoms with van der Waals surface area (Å²) < 4.78 is 11.8. The van der Waals surface area contributed by atoms with Crippen molar-refractivity contribution in [2.75, 3.05) is 14.2 Å². The molecule has 0 amide bonds. The molecule has 1 aromatic heterocycles. The number of rotatable bonds is 8. The quantitative estimate of drug-likeness (QED) is 0.518. The van der Waals surface area contributed by atoms with Gasteiger partial charge in [0.25, 0.3) is 0 Å². The van der Waals surface area contributed by atoms with E-state index in [4.69, 9.17) is 19.4 Å². The maximum absolute atomic E-state index is 5.35. The molecular formula is C22H24AsN2O2. The number of hydrogen-bond acceptors (Lipinski definition) is 4. The van der Waals surface area contributed by atoms with Crippen molar-refractivity contribution in [2.24, 2.45) is 0 Å². The Morgan fingerprint density at radius 3 is 2.37 bits per heavy atom. The predicted molar refractivity (Wildman–Crippen MR) is 110 cm³/mol. The van der Waals surface area contributed by atoms with Gasteiger partial charge in [-0.15, -0.1) is 0 Å². The van der Waals surface area contributed by atoms with Crippen molar-refractivity contribution in [2.45, 2.75) is 25.0 Å². The molecule has 2 aromatic carbocycles. The third kappa shape index (κ3) is 5.33. The minimum absolute atomic E-state index is 0.00561. The second kappa shape index (κ2) is 9.57. The molecule has 0 unspecified atom stereocenters. The van der Waals surface area contributed by atoms with Crippen LogP contribution in [0.4, 0.5) is 0 Å². The first-order valence-corrected chi connectivity index (χ1v) is 11.3. The monoisotopic (exact) mass is 423 g/mol. The summed E-state index contributed by atoms with van der Waals surface area (Å²) in [5.41, 5.74) is 3.39. The molecule has 0 aliphatic heterocycles. The molecule has 5 heteroatoms. The van der Waals surface area contributed by atoms with Crippen molar-refractivity contribution in [3.8, 4) is 22.8 Å². The molecule has 3 aromatic rings. The normalized spacial score (nSPS) is 11.1. The number of aromatic nitrogens is 2. The van der Waals surface area contributed by atoms with Crippen LogP contribution in [0.25, 0.3) is 11.3 Å². The Morgan fingerprint density at radius 2 is 1.67 bits per heavy atom. The van der Waals surface area contributed by atoms with E-state index in [1.165, 1.54) is 10.0 Å². The van der Waals surface area contributed by atoms with Crippen molar-refractivity contribution in [1.82, 2.24) is 9.97 Å². The molecule has 0 spiro atoms. The van der Waals surface area contributed by atoms with E-state index >= 15 is 0 Å². The Morgan fingerprint density at radius 1 is 0.889 bits per heavy atom. The van der Waals surface area contributed by atoms with Crippen molar-refractivity contribution in [1.29, 1.82) is 0 Å². The summed E-state index contributed by atoms with van der Waals surface area (Å²) in [4.78, 5) is 9.48. The van der Waals surface area contributed by atoms with Crippen LogP contribution in [-0.2, 0) is 12.8 Å². The summed E-state index contributed by atoms with van der Waals surface area (Å²) in [5.74, 6) is 2.65. The molecule has 27 heavy (non-hydrogen) atoms. The number of nitrogens with zero attached hydrogens (tertiary/aromatic N) is 2. The van der Waals surface area contributed by atoms with Crippen LogP contribution in [0.15, 0.2) is 54.6 Å². The van der Waals surface area contributed by atoms with Crippen LogP contribution >= 0.6 is 0 Å². The van der Waals surface area contributed by atoms with Crippen LogP contribution in [0.2, 0.25) is 5.21 Å². The first kappa shape index (κ1) is 19.4. The van der Waals surface area contributed by atoms with Gasteiger partial charge < -0.3 is 0 Å². The third-order valence-corrected chi connectivity index (χ3v) is 6.37. The van der Waals surface area contributed by atoms with Crippen molar-refractivity contribution >= 4 is 20.2 Å². The molecule has 0 saturated carbocycles. The van der Waals surface area contributed by atoms with Gasteiger partial charge in [0, 0.05) is 0 Å². The number of aryl methyl sites for hydroxylation is 2. The molecule has 0 aliphatic carbocycles. The molecule has 0 atom stereocenters. The van der Waals surface area contributed by atoms with Crippen LogP contribution < -0.4 is 14.0 Å². The Kier molecular flexibility index (Phi) is 6.89. The van der Waals surface area contributed by atoms with Gasteiger partial charge >= 0.3 is 168 Å². The van der Waals surface area contributed by atoms with E-state index in [1.54, 1.807) is 14.2 Å². The average molecular weight is 423 g/mol. The summed E-state index contributed by atoms with van der Waals surface area (Å²) >= 11 is -0.00561. The molecule has 0 bridgehead atoms. The van der Waals surface area contributed by atoms with Gasteiger partial charge in [-0.05, 0) is 0 Å². The zero-order valence-corrected chi connectivity index (χ0v) is 17.9. The van der Waals surface area contributed by atoms with Gasteiger partial charge in [-0.3, -0.25) is 0 Å². The van der Waals surface area contributed by atoms with Gasteiger partial charge in [0.05, 0.1) is 0 Å². The van der Waals surface area contributed by atoms with Crippen LogP contribution in [0.3, 0.4) is 0 Å². The number of ether oxygens (including phenoxy) is 2. The van der Waals surface area contributed by atoms with E-state index < -0.39 is 0 Å². The van der Waals surface area contributed by atoms with Crippen molar-refractivity contribution in [3.63, 3.8) is 0 Å². The van der Waals surface area contributed by atoms with Crippen molar-refractivity contribution < 1.29 is 9.47 Å². The standard InChI is InChI=1S/C22H24AsN2O2/c1-4-22-24-20(17-6-5-7-19(14-17)27-3)15-21(25-22)23-13-12-16-8-10-18(26-2)11-9-16/h5-11,14-15H,4,12-13H2,1-3H3. The van der Waals surface area contributed by atoms with Gasteiger partial charge in [-0.1, -0.05) is 0 Å². The minimum atomic E-state index is -0.00561. The third-order valence-electron chi connectivity index (χ3n) is 4.27. The number of benzene rings is 2. The van der Waals surface area contributed by atoms with Crippen LogP contribution in [0.5, 0.6) is 11.5 Å². The fourth-order valence-electron chi connectivity index (χ4n) is 2.74. The topological polar surface area (TPSA) is 44.2 Å². The summed E-state index contributed by atoms with van der Waals surface area (Å²) in [5, 5.41) is 1.14. The van der Waals surface area contributed by atoms with Gasteiger partial charge in [-0.2, -0.15) is 0 Å². The molecule has 0 aliphatic rings. The van der Waals surface area contributed by atoms with E-state index in [9.17, 15) is 0 Å². The molecule has 0 saturated heterocycles. The zero-order chi connectivity index (χ0) is 19.1. The molecule has 0 fully saturated rings. The number of methoxy groups -OCH3 is 2. The van der Waals surface area contributed by atoms with E-state index in [0.29, 0.717) is 0 Å². The van der Waals surface area contributed by atoms with E-state index in [2.05, 4.69) is 31.2 Å². The van der Waals surface area contributed by atoms with E-state index in [1.807, 2.05) is 30.3 Å². The molecule has 0 N–H and O–H groups in total. The van der Waals surface area contributed by atoms with E-state index in [-0.39, 0.29) is 15.8 Å². The molecular weight excluding hydrogens is 399 g/mol. The summed E-state index contributed by atoms with van der Waals surface area (Å²) in [6, 6.07) is 18.5. The average Bonchev–Trinajstić information content (AvgIpc) is 2.74. The van der Waals surface area contributed by atoms with E-state index in [0.717, 1.165) is 46.6 Å². The summed E-state index contributed by atoms with van der Waals surface area (Å²) in [6.45, 7) is 2.10. The molecule has 1 heterocycles. The summed E-state index contributed by atoms with van der Waals surface area (Å²) in [6.07, 6.45) is 1.90.